The van der Waals surface area contributed by atoms with Crippen molar-refractivity contribution in [3.8, 4) is 11.5 Å². The predicted molar refractivity (Wildman–Crippen MR) is 96.6 cm³/mol. The molecule has 1 aromatic rings. The van der Waals surface area contributed by atoms with Gasteiger partial charge in [-0.1, -0.05) is 34.1 Å². The summed E-state index contributed by atoms with van der Waals surface area (Å²) in [5, 5.41) is 11.9. The smallest absolute Gasteiger partial charge is 0.164 e. The van der Waals surface area contributed by atoms with E-state index in [2.05, 4.69) is 33.1 Å². The number of rotatable bonds is 7. The van der Waals surface area contributed by atoms with E-state index < -0.39 is 11.5 Å². The molecule has 0 unspecified atom stereocenters. The maximum atomic E-state index is 11.0. The van der Waals surface area contributed by atoms with Crippen molar-refractivity contribution in [3.63, 3.8) is 0 Å². The topological polar surface area (TPSA) is 41.9 Å². The average Bonchev–Trinajstić information content (AvgIpc) is 2.59. The molecule has 0 fully saturated rings. The van der Waals surface area contributed by atoms with Crippen molar-refractivity contribution in [1.29, 1.82) is 0 Å². The van der Waals surface area contributed by atoms with E-state index in [1.807, 2.05) is 25.2 Å². The molecule has 0 spiro atoms. The summed E-state index contributed by atoms with van der Waals surface area (Å²) >= 11 is 3.45. The first kappa shape index (κ1) is 18.1. The number of para-hydroxylation sites is 1. The molecule has 1 heterocycles. The van der Waals surface area contributed by atoms with E-state index in [0.717, 1.165) is 36.7 Å². The van der Waals surface area contributed by atoms with Gasteiger partial charge in [-0.2, -0.15) is 0 Å². The van der Waals surface area contributed by atoms with Crippen molar-refractivity contribution in [2.75, 3.05) is 33.1 Å². The number of methoxy groups -OCH3 is 2. The van der Waals surface area contributed by atoms with Gasteiger partial charge in [0.25, 0.3) is 0 Å². The summed E-state index contributed by atoms with van der Waals surface area (Å²) in [7, 11) is 5.34. The first-order valence-electron chi connectivity index (χ1n) is 7.94. The van der Waals surface area contributed by atoms with Crippen LogP contribution >= 0.6 is 15.9 Å². The highest BCUT2D eigenvalue weighted by Crippen LogP contribution is 2.45. The zero-order valence-corrected chi connectivity index (χ0v) is 15.7. The molecule has 4 nitrogen and oxygen atoms in total. The molecule has 0 bridgehead atoms. The Hall–Kier alpha value is -1.20. The molecule has 0 saturated heterocycles. The van der Waals surface area contributed by atoms with Crippen LogP contribution in [0.3, 0.4) is 0 Å². The number of halogens is 1. The molecule has 1 aromatic carbocycles. The molecule has 0 aromatic heterocycles. The second kappa shape index (κ2) is 8.06. The van der Waals surface area contributed by atoms with E-state index >= 15 is 0 Å². The van der Waals surface area contributed by atoms with Crippen molar-refractivity contribution in [2.45, 2.75) is 30.8 Å². The average molecular weight is 384 g/mol. The lowest BCUT2D eigenvalue weighted by molar-refractivity contribution is 0.0803. The van der Waals surface area contributed by atoms with Crippen LogP contribution in [-0.4, -0.2) is 49.3 Å². The summed E-state index contributed by atoms with van der Waals surface area (Å²) in [6.45, 7) is 0.891. The van der Waals surface area contributed by atoms with Crippen molar-refractivity contribution in [2.24, 2.45) is 0 Å². The number of nitrogens with zero attached hydrogens (tertiary/aromatic N) is 1. The van der Waals surface area contributed by atoms with Crippen molar-refractivity contribution < 1.29 is 14.6 Å². The minimum atomic E-state index is -0.467. The summed E-state index contributed by atoms with van der Waals surface area (Å²) in [6.07, 6.45) is 6.21. The Morgan fingerprint density at radius 2 is 2.13 bits per heavy atom. The SMILES string of the molecule is COc1cccc([C@]2([C@H](O)CCCBr)C=CN(C)CC2)c1OC. The number of aliphatic hydroxyl groups excluding tert-OH is 1. The number of aliphatic hydroxyl groups is 1. The third kappa shape index (κ3) is 3.66. The van der Waals surface area contributed by atoms with Crippen LogP contribution in [0, 0.1) is 0 Å². The van der Waals surface area contributed by atoms with E-state index in [9.17, 15) is 5.11 Å². The van der Waals surface area contributed by atoms with Gasteiger partial charge in [0.2, 0.25) is 0 Å². The maximum absolute atomic E-state index is 11.0. The molecule has 2 rings (SSSR count). The summed E-state index contributed by atoms with van der Waals surface area (Å²) < 4.78 is 11.1. The van der Waals surface area contributed by atoms with Gasteiger partial charge in [0.1, 0.15) is 0 Å². The second-order valence-corrected chi connectivity index (χ2v) is 6.77. The highest BCUT2D eigenvalue weighted by atomic mass is 79.9. The highest BCUT2D eigenvalue weighted by Gasteiger charge is 2.41. The Balaban J connectivity index is 2.52. The lowest BCUT2D eigenvalue weighted by atomic mass is 9.70. The molecule has 0 amide bonds. The Morgan fingerprint density at radius 1 is 1.35 bits per heavy atom. The van der Waals surface area contributed by atoms with Crippen molar-refractivity contribution >= 4 is 15.9 Å². The van der Waals surface area contributed by atoms with Gasteiger partial charge in [0.15, 0.2) is 11.5 Å². The van der Waals surface area contributed by atoms with Crippen LogP contribution in [0.25, 0.3) is 0 Å². The van der Waals surface area contributed by atoms with Crippen LogP contribution < -0.4 is 9.47 Å². The van der Waals surface area contributed by atoms with Gasteiger partial charge in [0, 0.05) is 29.9 Å². The fourth-order valence-corrected chi connectivity index (χ4v) is 3.57. The molecule has 1 aliphatic rings. The van der Waals surface area contributed by atoms with Crippen molar-refractivity contribution in [3.05, 3.63) is 36.0 Å². The number of benzene rings is 1. The van der Waals surface area contributed by atoms with Gasteiger partial charge in [0.05, 0.1) is 20.3 Å². The summed E-state index contributed by atoms with van der Waals surface area (Å²) in [4.78, 5) is 2.14. The van der Waals surface area contributed by atoms with E-state index in [4.69, 9.17) is 9.47 Å². The molecule has 23 heavy (non-hydrogen) atoms. The Labute approximate surface area is 147 Å². The van der Waals surface area contributed by atoms with Crippen LogP contribution in [0.5, 0.6) is 11.5 Å². The molecule has 1 aliphatic heterocycles. The molecular formula is C18H26BrNO3. The predicted octanol–water partition coefficient (Wildman–Crippen LogP) is 3.33. The van der Waals surface area contributed by atoms with Crippen molar-refractivity contribution in [1.82, 2.24) is 4.90 Å². The zero-order valence-electron chi connectivity index (χ0n) is 14.1. The zero-order chi connectivity index (χ0) is 16.9. The van der Waals surface area contributed by atoms with E-state index in [0.29, 0.717) is 11.5 Å². The number of alkyl halides is 1. The van der Waals surface area contributed by atoms with Gasteiger partial charge >= 0.3 is 0 Å². The van der Waals surface area contributed by atoms with Gasteiger partial charge in [-0.3, -0.25) is 0 Å². The lowest BCUT2D eigenvalue weighted by Gasteiger charge is -2.41. The summed E-state index contributed by atoms with van der Waals surface area (Å²) in [5.41, 5.74) is 0.542. The van der Waals surface area contributed by atoms with E-state index in [1.54, 1.807) is 14.2 Å². The maximum Gasteiger partial charge on any atom is 0.164 e. The molecule has 128 valence electrons. The summed E-state index contributed by atoms with van der Waals surface area (Å²) in [5.74, 6) is 1.41. The van der Waals surface area contributed by atoms with Crippen LogP contribution in [0.1, 0.15) is 24.8 Å². The number of hydrogen-bond donors (Lipinski definition) is 1. The normalized spacial score (nSPS) is 22.0. The van der Waals surface area contributed by atoms with E-state index in [-0.39, 0.29) is 0 Å². The molecule has 0 radical (unpaired) electrons. The quantitative estimate of drug-likeness (QED) is 0.733. The Kier molecular flexibility index (Phi) is 6.36. The highest BCUT2D eigenvalue weighted by molar-refractivity contribution is 9.09. The third-order valence-corrected chi connectivity index (χ3v) is 5.18. The lowest BCUT2D eigenvalue weighted by Crippen LogP contribution is -2.43. The third-order valence-electron chi connectivity index (χ3n) is 4.61. The summed E-state index contributed by atoms with van der Waals surface area (Å²) in [6, 6.07) is 5.88. The van der Waals surface area contributed by atoms with Gasteiger partial charge in [-0.25, -0.2) is 0 Å². The fourth-order valence-electron chi connectivity index (χ4n) is 3.24. The first-order valence-corrected chi connectivity index (χ1v) is 9.06. The number of hydrogen-bond acceptors (Lipinski definition) is 4. The second-order valence-electron chi connectivity index (χ2n) is 5.97. The monoisotopic (exact) mass is 383 g/mol. The van der Waals surface area contributed by atoms with Crippen LogP contribution in [0.4, 0.5) is 0 Å². The molecular weight excluding hydrogens is 358 g/mol. The standard InChI is InChI=1S/C18H26BrNO3/c1-20-12-9-18(10-13-20,16(21)8-5-11-19)14-6-4-7-15(22-2)17(14)23-3/h4,6-7,9,12,16,21H,5,8,10-11,13H2,1-3H3/t16-,18+/m1/s1. The minimum absolute atomic E-state index is 0.450. The minimum Gasteiger partial charge on any atom is -0.493 e. The van der Waals surface area contributed by atoms with Crippen LogP contribution in [-0.2, 0) is 5.41 Å². The molecule has 5 heteroatoms. The first-order chi connectivity index (χ1) is 11.1. The molecule has 2 atom stereocenters. The van der Waals surface area contributed by atoms with Gasteiger partial charge < -0.3 is 19.5 Å². The van der Waals surface area contributed by atoms with Gasteiger partial charge in [-0.15, -0.1) is 0 Å². The Morgan fingerprint density at radius 3 is 2.70 bits per heavy atom. The van der Waals surface area contributed by atoms with Crippen LogP contribution in [0.2, 0.25) is 0 Å². The Bertz CT molecular complexity index is 549. The number of ether oxygens (including phenoxy) is 2. The fraction of sp³-hybridized carbons (Fsp3) is 0.556. The van der Waals surface area contributed by atoms with Gasteiger partial charge in [-0.05, 0) is 31.5 Å². The largest absolute Gasteiger partial charge is 0.493 e. The van der Waals surface area contributed by atoms with E-state index in [1.165, 1.54) is 0 Å². The molecule has 0 saturated carbocycles. The van der Waals surface area contributed by atoms with Crippen LogP contribution in [0.15, 0.2) is 30.5 Å². The molecule has 1 N–H and O–H groups in total. The molecule has 0 aliphatic carbocycles.